The van der Waals surface area contributed by atoms with E-state index in [1.54, 1.807) is 0 Å². The van der Waals surface area contributed by atoms with Crippen LogP contribution >= 0.6 is 22.2 Å². The largest absolute Gasteiger partial charge is 0.436 e. The number of halogens is 2. The van der Waals surface area contributed by atoms with Gasteiger partial charge in [0.1, 0.15) is 0 Å². The van der Waals surface area contributed by atoms with E-state index in [1.807, 2.05) is 0 Å². The fraction of sp³-hybridized carbons (Fsp3) is 1.00. The first kappa shape index (κ1) is 8.97. The lowest BCUT2D eigenvalue weighted by Crippen LogP contribution is -2.29. The molecule has 0 unspecified atom stereocenters. The summed E-state index contributed by atoms with van der Waals surface area (Å²) >= 11 is 11.0. The highest BCUT2D eigenvalue weighted by Crippen LogP contribution is 2.08. The van der Waals surface area contributed by atoms with Gasteiger partial charge in [-0.15, -0.1) is 22.2 Å². The summed E-state index contributed by atoms with van der Waals surface area (Å²) in [6.07, 6.45) is 0. The van der Waals surface area contributed by atoms with Gasteiger partial charge in [0.15, 0.2) is 8.32 Å². The average Bonchev–Trinajstić information content (AvgIpc) is 1.21. The monoisotopic (exact) mass is 188 g/mol. The quantitative estimate of drug-likeness (QED) is 0.477. The lowest BCUT2D eigenvalue weighted by molar-refractivity contribution is 0.607. The minimum Gasteiger partial charge on any atom is -0.436 e. The molecule has 0 aliphatic heterocycles. The van der Waals surface area contributed by atoms with E-state index in [0.717, 1.165) is 0 Å². The fourth-order valence-electron chi connectivity index (χ4n) is 0.267. The van der Waals surface area contributed by atoms with Gasteiger partial charge in [0, 0.05) is 0 Å². The molecule has 8 heavy (non-hydrogen) atoms. The summed E-state index contributed by atoms with van der Waals surface area (Å²) in [5.74, 6) is 0. The second-order valence-corrected chi connectivity index (χ2v) is 11.2. The van der Waals surface area contributed by atoms with Gasteiger partial charge in [-0.3, -0.25) is 0 Å². The molecule has 0 aromatic carbocycles. The Morgan fingerprint density at radius 1 is 1.25 bits per heavy atom. The van der Waals surface area contributed by atoms with E-state index >= 15 is 0 Å². The van der Waals surface area contributed by atoms with Gasteiger partial charge in [-0.05, 0) is 19.6 Å². The molecule has 0 radical (unpaired) electrons. The second kappa shape index (κ2) is 3.22. The van der Waals surface area contributed by atoms with Gasteiger partial charge in [-0.25, -0.2) is 0 Å². The zero-order chi connectivity index (χ0) is 6.78. The van der Waals surface area contributed by atoms with E-state index in [0.29, 0.717) is 0 Å². The molecule has 50 valence electrons. The van der Waals surface area contributed by atoms with Crippen molar-refractivity contribution in [3.05, 3.63) is 0 Å². The fourth-order valence-corrected chi connectivity index (χ4v) is 7.22. The van der Waals surface area contributed by atoms with Gasteiger partial charge in [0.05, 0.1) is 0 Å². The Kier molecular flexibility index (Phi) is 3.61. The summed E-state index contributed by atoms with van der Waals surface area (Å²) < 4.78 is 5.25. The zero-order valence-electron chi connectivity index (χ0n) is 5.24. The van der Waals surface area contributed by atoms with Crippen LogP contribution in [0.1, 0.15) is 0 Å². The minimum absolute atomic E-state index is 1.42. The van der Waals surface area contributed by atoms with Crippen LogP contribution in [0.2, 0.25) is 19.6 Å². The molecule has 0 amide bonds. The highest BCUT2D eigenvalue weighted by Gasteiger charge is 2.18. The summed E-state index contributed by atoms with van der Waals surface area (Å²) in [4.78, 5) is 0. The third-order valence-electron chi connectivity index (χ3n) is 0.443. The molecule has 0 spiro atoms. The molecule has 5 heteroatoms. The van der Waals surface area contributed by atoms with Crippen LogP contribution in [0.3, 0.4) is 0 Å². The van der Waals surface area contributed by atoms with E-state index in [1.165, 1.54) is 0 Å². The van der Waals surface area contributed by atoms with Crippen molar-refractivity contribution >= 4 is 38.1 Å². The molecule has 0 saturated carbocycles. The predicted octanol–water partition coefficient (Wildman–Crippen LogP) is 2.03. The second-order valence-electron chi connectivity index (χ2n) is 2.49. The van der Waals surface area contributed by atoms with Crippen LogP contribution in [0.5, 0.6) is 0 Å². The molecule has 0 aromatic heterocycles. The third kappa shape index (κ3) is 6.97. The van der Waals surface area contributed by atoms with Crippen LogP contribution < -0.4 is 0 Å². The SMILES string of the molecule is C[Si](C)(C)O[SiH](Cl)Cl. The van der Waals surface area contributed by atoms with Crippen LogP contribution in [0.25, 0.3) is 0 Å². The molecule has 0 aromatic rings. The molecule has 1 nitrogen and oxygen atoms in total. The molecule has 0 fully saturated rings. The molecule has 0 aliphatic carbocycles. The summed E-state index contributed by atoms with van der Waals surface area (Å²) in [6, 6.07) is 0. The predicted molar refractivity (Wildman–Crippen MR) is 43.3 cm³/mol. The zero-order valence-corrected chi connectivity index (χ0v) is 8.91. The lowest BCUT2D eigenvalue weighted by atomic mass is 11.8. The van der Waals surface area contributed by atoms with E-state index in [4.69, 9.17) is 26.3 Å². The molecular formula is C3H10Cl2OSi2. The number of hydrogen-bond donors (Lipinski definition) is 0. The molecular weight excluding hydrogens is 179 g/mol. The van der Waals surface area contributed by atoms with Crippen LogP contribution in [0, 0.1) is 0 Å². The summed E-state index contributed by atoms with van der Waals surface area (Å²) in [7, 11) is -3.21. The average molecular weight is 189 g/mol. The first-order valence-electron chi connectivity index (χ1n) is 2.38. The minimum atomic E-state index is -1.79. The van der Waals surface area contributed by atoms with Crippen molar-refractivity contribution in [3.63, 3.8) is 0 Å². The summed E-state index contributed by atoms with van der Waals surface area (Å²) in [6.45, 7) is 6.20. The van der Waals surface area contributed by atoms with Gasteiger partial charge in [0.2, 0.25) is 0 Å². The Morgan fingerprint density at radius 2 is 1.62 bits per heavy atom. The Balaban J connectivity index is 3.39. The van der Waals surface area contributed by atoms with Crippen LogP contribution in [0.4, 0.5) is 0 Å². The standard InChI is InChI=1S/C3H10Cl2OSi2/c1-8(2,3)6-7(4)5/h7H,1-3H3. The number of hydrogen-bond acceptors (Lipinski definition) is 1. The van der Waals surface area contributed by atoms with Crippen molar-refractivity contribution in [2.24, 2.45) is 0 Å². The van der Waals surface area contributed by atoms with Crippen LogP contribution in [0.15, 0.2) is 0 Å². The highest BCUT2D eigenvalue weighted by molar-refractivity contribution is 7.32. The van der Waals surface area contributed by atoms with E-state index in [2.05, 4.69) is 19.6 Å². The first-order chi connectivity index (χ1) is 3.42. The van der Waals surface area contributed by atoms with E-state index < -0.39 is 16.0 Å². The normalized spacial score (nSPS) is 12.8. The van der Waals surface area contributed by atoms with Crippen molar-refractivity contribution in [3.8, 4) is 0 Å². The van der Waals surface area contributed by atoms with Crippen molar-refractivity contribution < 1.29 is 4.12 Å². The molecule has 0 bridgehead atoms. The maximum atomic E-state index is 5.48. The molecule has 0 N–H and O–H groups in total. The van der Waals surface area contributed by atoms with Crippen molar-refractivity contribution in [1.29, 1.82) is 0 Å². The topological polar surface area (TPSA) is 9.23 Å². The van der Waals surface area contributed by atoms with E-state index in [-0.39, 0.29) is 0 Å². The van der Waals surface area contributed by atoms with Crippen molar-refractivity contribution in [1.82, 2.24) is 0 Å². The van der Waals surface area contributed by atoms with Crippen molar-refractivity contribution in [2.75, 3.05) is 0 Å². The van der Waals surface area contributed by atoms with Gasteiger partial charge < -0.3 is 4.12 Å². The van der Waals surface area contributed by atoms with Crippen LogP contribution in [-0.4, -0.2) is 16.0 Å². The Morgan fingerprint density at radius 3 is 1.62 bits per heavy atom. The summed E-state index contributed by atoms with van der Waals surface area (Å²) in [5, 5.41) is 0. The molecule has 0 aliphatic rings. The Bertz CT molecular complexity index is 70.2. The molecule has 0 heterocycles. The lowest BCUT2D eigenvalue weighted by Gasteiger charge is -2.16. The van der Waals surface area contributed by atoms with E-state index in [9.17, 15) is 0 Å². The Hall–Kier alpha value is 0.974. The van der Waals surface area contributed by atoms with Crippen LogP contribution in [-0.2, 0) is 4.12 Å². The molecule has 0 atom stereocenters. The highest BCUT2D eigenvalue weighted by atomic mass is 35.7. The van der Waals surface area contributed by atoms with Gasteiger partial charge in [-0.1, -0.05) is 0 Å². The first-order valence-corrected chi connectivity index (χ1v) is 9.75. The number of rotatable bonds is 2. The maximum Gasteiger partial charge on any atom is 0.363 e. The molecule has 0 saturated heterocycles. The van der Waals surface area contributed by atoms with Gasteiger partial charge >= 0.3 is 7.66 Å². The van der Waals surface area contributed by atoms with Gasteiger partial charge in [-0.2, -0.15) is 0 Å². The van der Waals surface area contributed by atoms with Gasteiger partial charge in [0.25, 0.3) is 0 Å². The smallest absolute Gasteiger partial charge is 0.363 e. The third-order valence-corrected chi connectivity index (χ3v) is 5.59. The maximum absolute atomic E-state index is 5.48. The molecule has 0 rings (SSSR count). The Labute approximate surface area is 62.2 Å². The van der Waals surface area contributed by atoms with Crippen molar-refractivity contribution in [2.45, 2.75) is 19.6 Å². The summed E-state index contributed by atoms with van der Waals surface area (Å²) in [5.41, 5.74) is 0.